The molecule has 0 saturated heterocycles. The minimum atomic E-state index is -3.82. The molecular formula is C11H19NO6S. The lowest BCUT2D eigenvalue weighted by Crippen LogP contribution is -2.37. The normalized spacial score (nSPS) is 18.6. The molecule has 0 spiro atoms. The molecule has 0 aromatic heterocycles. The van der Waals surface area contributed by atoms with Crippen molar-refractivity contribution in [1.29, 1.82) is 0 Å². The van der Waals surface area contributed by atoms with E-state index in [0.29, 0.717) is 12.8 Å². The highest BCUT2D eigenvalue weighted by atomic mass is 32.2. The molecule has 1 rings (SSSR count). The van der Waals surface area contributed by atoms with Crippen molar-refractivity contribution in [3.8, 4) is 0 Å². The van der Waals surface area contributed by atoms with Gasteiger partial charge in [0.05, 0.1) is 19.3 Å². The van der Waals surface area contributed by atoms with E-state index >= 15 is 0 Å². The van der Waals surface area contributed by atoms with Crippen LogP contribution >= 0.6 is 0 Å². The monoisotopic (exact) mass is 293 g/mol. The van der Waals surface area contributed by atoms with Crippen LogP contribution in [0.2, 0.25) is 0 Å². The third-order valence-electron chi connectivity index (χ3n) is 3.35. The predicted molar refractivity (Wildman–Crippen MR) is 67.2 cm³/mol. The molecule has 1 aliphatic rings. The highest BCUT2D eigenvalue weighted by Crippen LogP contribution is 2.50. The van der Waals surface area contributed by atoms with Gasteiger partial charge in [-0.2, -0.15) is 0 Å². The number of carboxylic acids is 1. The second-order valence-corrected chi connectivity index (χ2v) is 7.15. The van der Waals surface area contributed by atoms with E-state index in [4.69, 9.17) is 10.8 Å². The SMILES string of the molecule is COC(=O)CC1(CS(=O)(=O)C(CCN)C(=O)O)CC1. The van der Waals surface area contributed by atoms with Crippen LogP contribution in [-0.4, -0.2) is 50.1 Å². The second-order valence-electron chi connectivity index (χ2n) is 4.96. The summed E-state index contributed by atoms with van der Waals surface area (Å²) < 4.78 is 28.7. The molecule has 19 heavy (non-hydrogen) atoms. The number of carbonyl (C=O) groups excluding carboxylic acids is 1. The highest BCUT2D eigenvalue weighted by Gasteiger charge is 2.50. The number of rotatable bonds is 8. The lowest BCUT2D eigenvalue weighted by Gasteiger charge is -2.18. The van der Waals surface area contributed by atoms with Crippen LogP contribution in [0.1, 0.15) is 25.7 Å². The standard InChI is InChI=1S/C11H19NO6S/c1-18-9(13)6-11(3-4-11)7-19(16,17)8(2-5-12)10(14)15/h8H,2-7,12H2,1H3,(H,14,15). The first-order valence-corrected chi connectivity index (χ1v) is 7.69. The Morgan fingerprint density at radius 3 is 2.37 bits per heavy atom. The Hall–Kier alpha value is -1.15. The summed E-state index contributed by atoms with van der Waals surface area (Å²) >= 11 is 0. The lowest BCUT2D eigenvalue weighted by atomic mass is 10.1. The van der Waals surface area contributed by atoms with Crippen molar-refractivity contribution in [3.05, 3.63) is 0 Å². The summed E-state index contributed by atoms with van der Waals surface area (Å²) in [6.07, 6.45) is 1.08. The van der Waals surface area contributed by atoms with Crippen molar-refractivity contribution in [2.75, 3.05) is 19.4 Å². The van der Waals surface area contributed by atoms with Gasteiger partial charge in [-0.05, 0) is 31.2 Å². The quantitative estimate of drug-likeness (QED) is 0.580. The Morgan fingerprint density at radius 2 is 2.00 bits per heavy atom. The molecule has 1 unspecified atom stereocenters. The number of ether oxygens (including phenoxy) is 1. The largest absolute Gasteiger partial charge is 0.480 e. The van der Waals surface area contributed by atoms with Gasteiger partial charge in [-0.3, -0.25) is 9.59 Å². The minimum absolute atomic E-state index is 0.0116. The number of hydrogen-bond acceptors (Lipinski definition) is 6. The maximum atomic E-state index is 12.1. The number of carboxylic acid groups (broad SMARTS) is 1. The van der Waals surface area contributed by atoms with Gasteiger partial charge >= 0.3 is 11.9 Å². The number of methoxy groups -OCH3 is 1. The third kappa shape index (κ3) is 4.17. The summed E-state index contributed by atoms with van der Waals surface area (Å²) in [4.78, 5) is 22.2. The van der Waals surface area contributed by atoms with E-state index < -0.39 is 32.4 Å². The summed E-state index contributed by atoms with van der Waals surface area (Å²) in [5, 5.41) is 7.47. The number of aliphatic carboxylic acids is 1. The Labute approximate surface area is 112 Å². The van der Waals surface area contributed by atoms with Gasteiger partial charge in [0, 0.05) is 0 Å². The Bertz CT molecular complexity index is 454. The minimum Gasteiger partial charge on any atom is -0.480 e. The zero-order chi connectivity index (χ0) is 14.7. The van der Waals surface area contributed by atoms with Gasteiger partial charge in [-0.25, -0.2) is 8.42 Å². The molecule has 1 fully saturated rings. The molecule has 0 radical (unpaired) electrons. The van der Waals surface area contributed by atoms with Crippen molar-refractivity contribution < 1.29 is 27.9 Å². The summed E-state index contributed by atoms with van der Waals surface area (Å²) in [5.41, 5.74) is 4.60. The molecule has 110 valence electrons. The molecular weight excluding hydrogens is 274 g/mol. The summed E-state index contributed by atoms with van der Waals surface area (Å²) in [5.74, 6) is -2.16. The van der Waals surface area contributed by atoms with E-state index in [1.54, 1.807) is 0 Å². The zero-order valence-corrected chi connectivity index (χ0v) is 11.6. The van der Waals surface area contributed by atoms with Gasteiger partial charge in [0.2, 0.25) is 0 Å². The maximum absolute atomic E-state index is 12.1. The first-order chi connectivity index (χ1) is 8.76. The number of esters is 1. The van der Waals surface area contributed by atoms with Crippen LogP contribution in [0.4, 0.5) is 0 Å². The fourth-order valence-corrected chi connectivity index (χ4v) is 4.31. The molecule has 8 heteroatoms. The summed E-state index contributed by atoms with van der Waals surface area (Å²) in [7, 11) is -2.58. The second kappa shape index (κ2) is 5.87. The number of hydrogen-bond donors (Lipinski definition) is 2. The molecule has 0 amide bonds. The summed E-state index contributed by atoms with van der Waals surface area (Å²) in [6, 6.07) is 0. The van der Waals surface area contributed by atoms with Crippen molar-refractivity contribution in [3.63, 3.8) is 0 Å². The molecule has 0 bridgehead atoms. The van der Waals surface area contributed by atoms with E-state index in [0.717, 1.165) is 0 Å². The Balaban J connectivity index is 2.78. The fraction of sp³-hybridized carbons (Fsp3) is 0.818. The van der Waals surface area contributed by atoms with Gasteiger partial charge in [-0.1, -0.05) is 0 Å². The van der Waals surface area contributed by atoms with Crippen LogP contribution in [-0.2, 0) is 24.2 Å². The van der Waals surface area contributed by atoms with Crippen molar-refractivity contribution in [2.45, 2.75) is 30.9 Å². The molecule has 0 aliphatic heterocycles. The van der Waals surface area contributed by atoms with Gasteiger partial charge in [0.1, 0.15) is 0 Å². The molecule has 7 nitrogen and oxygen atoms in total. The van der Waals surface area contributed by atoms with Gasteiger partial charge < -0.3 is 15.6 Å². The molecule has 0 aromatic carbocycles. The Morgan fingerprint density at radius 1 is 1.42 bits per heavy atom. The van der Waals surface area contributed by atoms with Gasteiger partial charge in [-0.15, -0.1) is 0 Å². The highest BCUT2D eigenvalue weighted by molar-refractivity contribution is 7.92. The van der Waals surface area contributed by atoms with Gasteiger partial charge in [0.15, 0.2) is 15.1 Å². The fourth-order valence-electron chi connectivity index (χ4n) is 2.06. The van der Waals surface area contributed by atoms with Crippen LogP contribution in [0.3, 0.4) is 0 Å². The van der Waals surface area contributed by atoms with Crippen LogP contribution in [0.15, 0.2) is 0 Å². The van der Waals surface area contributed by atoms with E-state index in [-0.39, 0.29) is 25.1 Å². The predicted octanol–water partition coefficient (Wildman–Crippen LogP) is -0.453. The zero-order valence-electron chi connectivity index (χ0n) is 10.8. The average molecular weight is 293 g/mol. The number of sulfone groups is 1. The Kier molecular flexibility index (Phi) is 4.92. The van der Waals surface area contributed by atoms with E-state index in [2.05, 4.69) is 4.74 Å². The molecule has 3 N–H and O–H groups in total. The van der Waals surface area contributed by atoms with E-state index in [1.807, 2.05) is 0 Å². The smallest absolute Gasteiger partial charge is 0.321 e. The van der Waals surface area contributed by atoms with Crippen LogP contribution in [0, 0.1) is 5.41 Å². The topological polar surface area (TPSA) is 124 Å². The number of carbonyl (C=O) groups is 2. The molecule has 0 heterocycles. The maximum Gasteiger partial charge on any atom is 0.321 e. The van der Waals surface area contributed by atoms with Crippen LogP contribution in [0.25, 0.3) is 0 Å². The first-order valence-electron chi connectivity index (χ1n) is 5.97. The molecule has 0 aromatic rings. The van der Waals surface area contributed by atoms with E-state index in [9.17, 15) is 18.0 Å². The summed E-state index contributed by atoms with van der Waals surface area (Å²) in [6.45, 7) is -0.0137. The van der Waals surface area contributed by atoms with Gasteiger partial charge in [0.25, 0.3) is 0 Å². The van der Waals surface area contributed by atoms with Crippen molar-refractivity contribution in [1.82, 2.24) is 0 Å². The third-order valence-corrected chi connectivity index (χ3v) is 5.67. The van der Waals surface area contributed by atoms with Crippen molar-refractivity contribution >= 4 is 21.8 Å². The van der Waals surface area contributed by atoms with Crippen LogP contribution in [0.5, 0.6) is 0 Å². The number of nitrogens with two attached hydrogens (primary N) is 1. The van der Waals surface area contributed by atoms with E-state index in [1.165, 1.54) is 7.11 Å². The van der Waals surface area contributed by atoms with Crippen molar-refractivity contribution in [2.24, 2.45) is 11.1 Å². The van der Waals surface area contributed by atoms with Crippen LogP contribution < -0.4 is 5.73 Å². The average Bonchev–Trinajstić information content (AvgIpc) is 3.03. The lowest BCUT2D eigenvalue weighted by molar-refractivity contribution is -0.141. The first kappa shape index (κ1) is 15.9. The molecule has 1 aliphatic carbocycles. The molecule has 1 atom stereocenters. The molecule has 1 saturated carbocycles.